The molecule has 1 aliphatic carbocycles. The summed E-state index contributed by atoms with van der Waals surface area (Å²) in [4.78, 5) is 4.62. The van der Waals surface area contributed by atoms with Crippen LogP contribution in [-0.4, -0.2) is 22.7 Å². The summed E-state index contributed by atoms with van der Waals surface area (Å²) in [6, 6.07) is 0.402. The third-order valence-corrected chi connectivity index (χ3v) is 4.50. The van der Waals surface area contributed by atoms with Crippen LogP contribution in [0.3, 0.4) is 0 Å². The van der Waals surface area contributed by atoms with E-state index in [2.05, 4.69) is 36.2 Å². The van der Waals surface area contributed by atoms with Gasteiger partial charge in [-0.05, 0) is 51.5 Å². The summed E-state index contributed by atoms with van der Waals surface area (Å²) in [7, 11) is 0. The average molecular weight is 279 g/mol. The number of aromatic nitrogens is 2. The molecule has 1 saturated carbocycles. The lowest BCUT2D eigenvalue weighted by atomic mass is 9.80. The van der Waals surface area contributed by atoms with E-state index < -0.39 is 0 Å². The maximum atomic E-state index is 5.42. The van der Waals surface area contributed by atoms with Crippen LogP contribution < -0.4 is 5.32 Å². The summed E-state index contributed by atoms with van der Waals surface area (Å²) in [6.45, 7) is 7.69. The molecule has 0 saturated heterocycles. The molecule has 0 radical (unpaired) electrons. The second-order valence-electron chi connectivity index (χ2n) is 6.23. The third kappa shape index (κ3) is 4.30. The van der Waals surface area contributed by atoms with E-state index >= 15 is 0 Å². The standard InChI is InChI=1S/C16H29N3O/c1-4-10-17-12(3)11-15-18-16(19-20-15)14-8-6-13(5-2)7-9-14/h12-14,17H,4-11H2,1-3H3. The minimum Gasteiger partial charge on any atom is -0.339 e. The molecule has 0 aliphatic heterocycles. The van der Waals surface area contributed by atoms with E-state index in [1.807, 2.05) is 0 Å². The molecule has 1 aromatic rings. The number of hydrogen-bond donors (Lipinski definition) is 1. The van der Waals surface area contributed by atoms with Crippen LogP contribution in [0, 0.1) is 5.92 Å². The first-order valence-corrected chi connectivity index (χ1v) is 8.28. The minimum absolute atomic E-state index is 0.402. The number of nitrogens with one attached hydrogen (secondary N) is 1. The molecule has 0 aromatic carbocycles. The van der Waals surface area contributed by atoms with E-state index in [1.165, 1.54) is 32.1 Å². The van der Waals surface area contributed by atoms with Crippen molar-refractivity contribution in [3.8, 4) is 0 Å². The van der Waals surface area contributed by atoms with Gasteiger partial charge in [-0.1, -0.05) is 25.4 Å². The van der Waals surface area contributed by atoms with Gasteiger partial charge in [-0.3, -0.25) is 0 Å². The van der Waals surface area contributed by atoms with Crippen LogP contribution in [0.25, 0.3) is 0 Å². The minimum atomic E-state index is 0.402. The summed E-state index contributed by atoms with van der Waals surface area (Å²) in [5, 5.41) is 7.67. The molecule has 1 atom stereocenters. The Balaban J connectivity index is 1.83. The predicted octanol–water partition coefficient (Wildman–Crippen LogP) is 3.68. The maximum absolute atomic E-state index is 5.42. The van der Waals surface area contributed by atoms with Crippen molar-refractivity contribution in [1.29, 1.82) is 0 Å². The molecular formula is C16H29N3O. The fourth-order valence-corrected chi connectivity index (χ4v) is 3.07. The largest absolute Gasteiger partial charge is 0.339 e. The van der Waals surface area contributed by atoms with Crippen LogP contribution in [-0.2, 0) is 6.42 Å². The molecule has 1 heterocycles. The highest BCUT2D eigenvalue weighted by Gasteiger charge is 2.25. The van der Waals surface area contributed by atoms with Gasteiger partial charge in [0.1, 0.15) is 0 Å². The molecule has 4 nitrogen and oxygen atoms in total. The molecule has 1 unspecified atom stereocenters. The fourth-order valence-electron chi connectivity index (χ4n) is 3.07. The lowest BCUT2D eigenvalue weighted by Gasteiger charge is -2.25. The molecule has 4 heteroatoms. The van der Waals surface area contributed by atoms with Crippen molar-refractivity contribution < 1.29 is 4.52 Å². The molecule has 1 fully saturated rings. The molecule has 1 aliphatic rings. The molecule has 2 rings (SSSR count). The first-order chi connectivity index (χ1) is 9.72. The van der Waals surface area contributed by atoms with Crippen molar-refractivity contribution in [2.45, 2.75) is 77.7 Å². The molecule has 114 valence electrons. The first-order valence-electron chi connectivity index (χ1n) is 8.28. The van der Waals surface area contributed by atoms with Gasteiger partial charge in [0, 0.05) is 18.4 Å². The lowest BCUT2D eigenvalue weighted by molar-refractivity contribution is 0.302. The quantitative estimate of drug-likeness (QED) is 0.827. The summed E-state index contributed by atoms with van der Waals surface area (Å²) in [5.74, 6) is 3.16. The van der Waals surface area contributed by atoms with Crippen LogP contribution in [0.4, 0.5) is 0 Å². The van der Waals surface area contributed by atoms with Gasteiger partial charge in [-0.2, -0.15) is 4.98 Å². The summed E-state index contributed by atoms with van der Waals surface area (Å²) >= 11 is 0. The molecule has 0 spiro atoms. The molecule has 0 bridgehead atoms. The molecule has 0 amide bonds. The third-order valence-electron chi connectivity index (χ3n) is 4.50. The van der Waals surface area contributed by atoms with E-state index in [1.54, 1.807) is 0 Å². The molecular weight excluding hydrogens is 250 g/mol. The maximum Gasteiger partial charge on any atom is 0.228 e. The zero-order valence-electron chi connectivity index (χ0n) is 13.2. The van der Waals surface area contributed by atoms with E-state index in [0.29, 0.717) is 12.0 Å². The monoisotopic (exact) mass is 279 g/mol. The van der Waals surface area contributed by atoms with E-state index in [0.717, 1.165) is 37.0 Å². The zero-order chi connectivity index (χ0) is 14.4. The number of hydrogen-bond acceptors (Lipinski definition) is 4. The smallest absolute Gasteiger partial charge is 0.228 e. The fraction of sp³-hybridized carbons (Fsp3) is 0.875. The van der Waals surface area contributed by atoms with E-state index in [-0.39, 0.29) is 0 Å². The highest BCUT2D eigenvalue weighted by atomic mass is 16.5. The second-order valence-corrected chi connectivity index (χ2v) is 6.23. The Hall–Kier alpha value is -0.900. The average Bonchev–Trinajstić information content (AvgIpc) is 2.93. The molecule has 20 heavy (non-hydrogen) atoms. The Bertz CT molecular complexity index is 383. The zero-order valence-corrected chi connectivity index (χ0v) is 13.2. The van der Waals surface area contributed by atoms with Gasteiger partial charge in [0.2, 0.25) is 5.89 Å². The highest BCUT2D eigenvalue weighted by molar-refractivity contribution is 4.98. The van der Waals surface area contributed by atoms with Crippen molar-refractivity contribution >= 4 is 0 Å². The topological polar surface area (TPSA) is 51.0 Å². The van der Waals surface area contributed by atoms with Crippen molar-refractivity contribution in [2.24, 2.45) is 5.92 Å². The van der Waals surface area contributed by atoms with Crippen LogP contribution in [0.15, 0.2) is 4.52 Å². The van der Waals surface area contributed by atoms with Gasteiger partial charge in [0.05, 0.1) is 0 Å². The van der Waals surface area contributed by atoms with Crippen LogP contribution in [0.1, 0.15) is 76.9 Å². The van der Waals surface area contributed by atoms with Crippen LogP contribution in [0.5, 0.6) is 0 Å². The van der Waals surface area contributed by atoms with Crippen LogP contribution >= 0.6 is 0 Å². The predicted molar refractivity (Wildman–Crippen MR) is 80.7 cm³/mol. The Morgan fingerprint density at radius 2 is 2.00 bits per heavy atom. The van der Waals surface area contributed by atoms with Gasteiger partial charge in [0.25, 0.3) is 0 Å². The Kier molecular flexibility index (Phi) is 6.02. The summed E-state index contributed by atoms with van der Waals surface area (Å²) < 4.78 is 5.42. The van der Waals surface area contributed by atoms with Gasteiger partial charge in [-0.25, -0.2) is 0 Å². The van der Waals surface area contributed by atoms with Crippen molar-refractivity contribution in [3.63, 3.8) is 0 Å². The van der Waals surface area contributed by atoms with Crippen molar-refractivity contribution in [1.82, 2.24) is 15.5 Å². The van der Waals surface area contributed by atoms with Crippen molar-refractivity contribution in [3.05, 3.63) is 11.7 Å². The van der Waals surface area contributed by atoms with Crippen molar-refractivity contribution in [2.75, 3.05) is 6.54 Å². The first kappa shape index (κ1) is 15.5. The Labute approximate surface area is 122 Å². The number of rotatable bonds is 7. The van der Waals surface area contributed by atoms with Crippen LogP contribution in [0.2, 0.25) is 0 Å². The second kappa shape index (κ2) is 7.77. The van der Waals surface area contributed by atoms with Gasteiger partial charge in [0.15, 0.2) is 5.82 Å². The van der Waals surface area contributed by atoms with Gasteiger partial charge < -0.3 is 9.84 Å². The normalized spacial score (nSPS) is 24.8. The number of nitrogens with zero attached hydrogens (tertiary/aromatic N) is 2. The van der Waals surface area contributed by atoms with Gasteiger partial charge in [-0.15, -0.1) is 0 Å². The Morgan fingerprint density at radius 3 is 2.65 bits per heavy atom. The SMILES string of the molecule is CCCNC(C)Cc1nc(C2CCC(CC)CC2)no1. The lowest BCUT2D eigenvalue weighted by Crippen LogP contribution is -2.28. The summed E-state index contributed by atoms with van der Waals surface area (Å²) in [6.07, 6.45) is 8.38. The Morgan fingerprint density at radius 1 is 1.25 bits per heavy atom. The van der Waals surface area contributed by atoms with Gasteiger partial charge >= 0.3 is 0 Å². The molecule has 1 N–H and O–H groups in total. The van der Waals surface area contributed by atoms with E-state index in [9.17, 15) is 0 Å². The molecule has 1 aromatic heterocycles. The summed E-state index contributed by atoms with van der Waals surface area (Å²) in [5.41, 5.74) is 0. The van der Waals surface area contributed by atoms with E-state index in [4.69, 9.17) is 4.52 Å². The highest BCUT2D eigenvalue weighted by Crippen LogP contribution is 2.35.